The quantitative estimate of drug-likeness (QED) is 0.899. The van der Waals surface area contributed by atoms with Crippen molar-refractivity contribution in [3.8, 4) is 0 Å². The molecule has 4 nitrogen and oxygen atoms in total. The van der Waals surface area contributed by atoms with Crippen LogP contribution in [0.2, 0.25) is 0 Å². The molecule has 1 aromatic carbocycles. The minimum Gasteiger partial charge on any atom is -0.330 e. The van der Waals surface area contributed by atoms with Crippen LogP contribution in [0.5, 0.6) is 0 Å². The number of nitrogens with one attached hydrogen (secondary N) is 1. The molecule has 7 heteroatoms. The van der Waals surface area contributed by atoms with Crippen LogP contribution in [0.4, 0.5) is 23.7 Å². The SMILES string of the molecule is NCCC1CCCN(C(=O)Nc2cccc(C(F)(F)F)c2)C1. The number of carbonyl (C=O) groups is 1. The van der Waals surface area contributed by atoms with Gasteiger partial charge in [-0.05, 0) is 49.9 Å². The summed E-state index contributed by atoms with van der Waals surface area (Å²) in [5.41, 5.74) is 4.92. The lowest BCUT2D eigenvalue weighted by Gasteiger charge is -2.32. The number of amides is 2. The lowest BCUT2D eigenvalue weighted by Crippen LogP contribution is -2.42. The van der Waals surface area contributed by atoms with E-state index in [1.54, 1.807) is 4.90 Å². The number of halogens is 3. The van der Waals surface area contributed by atoms with Gasteiger partial charge in [0, 0.05) is 18.8 Å². The van der Waals surface area contributed by atoms with Gasteiger partial charge in [0.25, 0.3) is 0 Å². The molecule has 0 spiro atoms. The van der Waals surface area contributed by atoms with Gasteiger partial charge in [-0.25, -0.2) is 4.79 Å². The topological polar surface area (TPSA) is 58.4 Å². The Bertz CT molecular complexity index is 517. The van der Waals surface area contributed by atoms with Crippen LogP contribution in [-0.4, -0.2) is 30.6 Å². The zero-order chi connectivity index (χ0) is 16.2. The molecule has 2 rings (SSSR count). The third kappa shape index (κ3) is 4.37. The van der Waals surface area contributed by atoms with Crippen molar-refractivity contribution >= 4 is 11.7 Å². The van der Waals surface area contributed by atoms with Crippen molar-refractivity contribution in [1.29, 1.82) is 0 Å². The van der Waals surface area contributed by atoms with Gasteiger partial charge in [-0.3, -0.25) is 0 Å². The number of hydrogen-bond acceptors (Lipinski definition) is 2. The summed E-state index contributed by atoms with van der Waals surface area (Å²) in [7, 11) is 0. The average Bonchev–Trinajstić information content (AvgIpc) is 2.47. The van der Waals surface area contributed by atoms with Gasteiger partial charge in [-0.15, -0.1) is 0 Å². The van der Waals surface area contributed by atoms with E-state index < -0.39 is 11.7 Å². The van der Waals surface area contributed by atoms with Crippen LogP contribution >= 0.6 is 0 Å². The Morgan fingerprint density at radius 2 is 2.18 bits per heavy atom. The summed E-state index contributed by atoms with van der Waals surface area (Å²) in [6.07, 6.45) is -1.64. The van der Waals surface area contributed by atoms with Crippen molar-refractivity contribution in [2.75, 3.05) is 25.0 Å². The summed E-state index contributed by atoms with van der Waals surface area (Å²) in [6, 6.07) is 4.30. The van der Waals surface area contributed by atoms with E-state index in [0.717, 1.165) is 31.4 Å². The smallest absolute Gasteiger partial charge is 0.330 e. The van der Waals surface area contributed by atoms with Gasteiger partial charge < -0.3 is 16.0 Å². The number of nitrogens with zero attached hydrogens (tertiary/aromatic N) is 1. The number of piperidine rings is 1. The number of benzene rings is 1. The second-order valence-corrected chi connectivity index (χ2v) is 5.54. The first kappa shape index (κ1) is 16.6. The molecule has 1 saturated heterocycles. The maximum Gasteiger partial charge on any atom is 0.416 e. The zero-order valence-electron chi connectivity index (χ0n) is 12.2. The predicted octanol–water partition coefficient (Wildman–Crippen LogP) is 3.30. The fourth-order valence-electron chi connectivity index (χ4n) is 2.70. The summed E-state index contributed by atoms with van der Waals surface area (Å²) in [6.45, 7) is 1.79. The first-order valence-electron chi connectivity index (χ1n) is 7.33. The molecule has 1 aromatic rings. The van der Waals surface area contributed by atoms with Gasteiger partial charge in [-0.1, -0.05) is 6.07 Å². The lowest BCUT2D eigenvalue weighted by molar-refractivity contribution is -0.137. The molecule has 3 N–H and O–H groups in total. The summed E-state index contributed by atoms with van der Waals surface area (Å²) in [4.78, 5) is 13.8. The standard InChI is InChI=1S/C15H20F3N3O/c16-15(17,18)12-4-1-5-13(9-12)20-14(22)21-8-2-3-11(10-21)6-7-19/h1,4-5,9,11H,2-3,6-8,10,19H2,(H,20,22). The molecule has 1 fully saturated rings. The highest BCUT2D eigenvalue weighted by Crippen LogP contribution is 2.30. The lowest BCUT2D eigenvalue weighted by atomic mass is 9.95. The molecule has 0 bridgehead atoms. The Labute approximate surface area is 127 Å². The van der Waals surface area contributed by atoms with Gasteiger partial charge in [0.1, 0.15) is 0 Å². The van der Waals surface area contributed by atoms with E-state index in [4.69, 9.17) is 5.73 Å². The molecule has 22 heavy (non-hydrogen) atoms. The van der Waals surface area contributed by atoms with E-state index in [0.29, 0.717) is 25.6 Å². The van der Waals surface area contributed by atoms with E-state index in [2.05, 4.69) is 5.32 Å². The summed E-state index contributed by atoms with van der Waals surface area (Å²) < 4.78 is 38.0. The fourth-order valence-corrected chi connectivity index (χ4v) is 2.70. The van der Waals surface area contributed by atoms with E-state index in [1.807, 2.05) is 0 Å². The summed E-state index contributed by atoms with van der Waals surface area (Å²) in [5, 5.41) is 2.54. The largest absolute Gasteiger partial charge is 0.416 e. The number of alkyl halides is 3. The second-order valence-electron chi connectivity index (χ2n) is 5.54. The number of nitrogens with two attached hydrogens (primary N) is 1. The molecule has 1 heterocycles. The van der Waals surface area contributed by atoms with Gasteiger partial charge in [0.05, 0.1) is 5.56 Å². The minimum absolute atomic E-state index is 0.153. The van der Waals surface area contributed by atoms with Crippen LogP contribution in [0.3, 0.4) is 0 Å². The molecule has 1 atom stereocenters. The maximum absolute atomic E-state index is 12.7. The Kier molecular flexibility index (Phi) is 5.28. The number of likely N-dealkylation sites (tertiary alicyclic amines) is 1. The molecular weight excluding hydrogens is 295 g/mol. The monoisotopic (exact) mass is 315 g/mol. The number of hydrogen-bond donors (Lipinski definition) is 2. The molecule has 1 aliphatic heterocycles. The number of rotatable bonds is 3. The van der Waals surface area contributed by atoms with Crippen molar-refractivity contribution < 1.29 is 18.0 Å². The number of carbonyl (C=O) groups excluding carboxylic acids is 1. The molecule has 0 radical (unpaired) electrons. The third-order valence-electron chi connectivity index (χ3n) is 3.82. The van der Waals surface area contributed by atoms with Crippen molar-refractivity contribution in [1.82, 2.24) is 4.90 Å². The maximum atomic E-state index is 12.7. The van der Waals surface area contributed by atoms with Crippen LogP contribution in [0, 0.1) is 5.92 Å². The van der Waals surface area contributed by atoms with Gasteiger partial charge in [-0.2, -0.15) is 13.2 Å². The number of anilines is 1. The van der Waals surface area contributed by atoms with Crippen LogP contribution in [0.1, 0.15) is 24.8 Å². The summed E-state index contributed by atoms with van der Waals surface area (Å²) >= 11 is 0. The van der Waals surface area contributed by atoms with Crippen molar-refractivity contribution in [2.45, 2.75) is 25.4 Å². The Morgan fingerprint density at radius 1 is 1.41 bits per heavy atom. The van der Waals surface area contributed by atoms with Gasteiger partial charge >= 0.3 is 12.2 Å². The van der Waals surface area contributed by atoms with Gasteiger partial charge in [0.2, 0.25) is 0 Å². The average molecular weight is 315 g/mol. The molecule has 1 unspecified atom stereocenters. The normalized spacial score (nSPS) is 19.1. The second kappa shape index (κ2) is 7.00. The Morgan fingerprint density at radius 3 is 2.86 bits per heavy atom. The van der Waals surface area contributed by atoms with Crippen molar-refractivity contribution in [3.63, 3.8) is 0 Å². The molecule has 122 valence electrons. The van der Waals surface area contributed by atoms with Crippen molar-refractivity contribution in [3.05, 3.63) is 29.8 Å². The van der Waals surface area contributed by atoms with Crippen LogP contribution in [0.15, 0.2) is 24.3 Å². The number of urea groups is 1. The van der Waals surface area contributed by atoms with E-state index in [1.165, 1.54) is 12.1 Å². The zero-order valence-corrected chi connectivity index (χ0v) is 12.2. The van der Waals surface area contributed by atoms with Crippen LogP contribution < -0.4 is 11.1 Å². The van der Waals surface area contributed by atoms with E-state index in [-0.39, 0.29) is 11.7 Å². The highest BCUT2D eigenvalue weighted by atomic mass is 19.4. The van der Waals surface area contributed by atoms with E-state index >= 15 is 0 Å². The Balaban J connectivity index is 1.99. The van der Waals surface area contributed by atoms with Crippen LogP contribution in [0.25, 0.3) is 0 Å². The van der Waals surface area contributed by atoms with Crippen LogP contribution in [-0.2, 0) is 6.18 Å². The van der Waals surface area contributed by atoms with E-state index in [9.17, 15) is 18.0 Å². The first-order chi connectivity index (χ1) is 10.4. The highest BCUT2D eigenvalue weighted by Gasteiger charge is 2.30. The third-order valence-corrected chi connectivity index (χ3v) is 3.82. The molecule has 2 amide bonds. The molecule has 0 aromatic heterocycles. The fraction of sp³-hybridized carbons (Fsp3) is 0.533. The first-order valence-corrected chi connectivity index (χ1v) is 7.33. The van der Waals surface area contributed by atoms with Crippen molar-refractivity contribution in [2.24, 2.45) is 11.7 Å². The Hall–Kier alpha value is -1.76. The molecule has 0 aliphatic carbocycles. The molecule has 1 aliphatic rings. The highest BCUT2D eigenvalue weighted by molar-refractivity contribution is 5.89. The molecular formula is C15H20F3N3O. The van der Waals surface area contributed by atoms with Gasteiger partial charge in [0.15, 0.2) is 0 Å². The summed E-state index contributed by atoms with van der Waals surface area (Å²) in [5.74, 6) is 0.367. The minimum atomic E-state index is -4.42. The molecule has 0 saturated carbocycles. The predicted molar refractivity (Wildman–Crippen MR) is 78.4 cm³/mol.